The van der Waals surface area contributed by atoms with E-state index in [1.54, 1.807) is 11.1 Å². The number of hydrogen-bond donors (Lipinski definition) is 1. The van der Waals surface area contributed by atoms with Crippen LogP contribution in [0.3, 0.4) is 0 Å². The third-order valence-corrected chi connectivity index (χ3v) is 7.17. The first-order chi connectivity index (χ1) is 16.7. The van der Waals surface area contributed by atoms with Gasteiger partial charge < -0.3 is 14.4 Å². The number of carbonyl (C=O) groups is 2. The van der Waals surface area contributed by atoms with E-state index in [4.69, 9.17) is 0 Å². The van der Waals surface area contributed by atoms with Gasteiger partial charge in [0.1, 0.15) is 0 Å². The summed E-state index contributed by atoms with van der Waals surface area (Å²) in [5.74, 6) is 1.30. The summed E-state index contributed by atoms with van der Waals surface area (Å²) in [5.41, 5.74) is 1.90. The van der Waals surface area contributed by atoms with Crippen LogP contribution < -0.4 is 5.32 Å². The Bertz CT molecular complexity index is 1130. The highest BCUT2D eigenvalue weighted by Crippen LogP contribution is 2.28. The maximum Gasteiger partial charge on any atom is 0.323 e. The fourth-order valence-corrected chi connectivity index (χ4v) is 5.17. The van der Waals surface area contributed by atoms with Gasteiger partial charge >= 0.3 is 6.03 Å². The van der Waals surface area contributed by atoms with Crippen molar-refractivity contribution in [1.82, 2.24) is 24.3 Å². The number of aryl methyl sites for hydroxylation is 1. The number of rotatable bonds is 5. The molecule has 0 radical (unpaired) electrons. The largest absolute Gasteiger partial charge is 0.347 e. The lowest BCUT2D eigenvalue weighted by Crippen LogP contribution is -2.51. The van der Waals surface area contributed by atoms with Gasteiger partial charge in [0.05, 0.1) is 6.20 Å². The van der Waals surface area contributed by atoms with Gasteiger partial charge in [-0.15, -0.1) is 0 Å². The molecule has 8 heteroatoms. The van der Waals surface area contributed by atoms with Crippen molar-refractivity contribution in [3.63, 3.8) is 0 Å². The van der Waals surface area contributed by atoms with E-state index in [-0.39, 0.29) is 11.9 Å². The van der Waals surface area contributed by atoms with Crippen molar-refractivity contribution < 1.29 is 9.59 Å². The van der Waals surface area contributed by atoms with Crippen molar-refractivity contribution in [3.8, 4) is 0 Å². The van der Waals surface area contributed by atoms with Crippen LogP contribution in [0.4, 0.5) is 10.6 Å². The topological polar surface area (TPSA) is 83.4 Å². The zero-order valence-electron chi connectivity index (χ0n) is 19.5. The monoisotopic (exact) mass is 460 g/mol. The summed E-state index contributed by atoms with van der Waals surface area (Å²) in [6.07, 6.45) is 14.9. The Morgan fingerprint density at radius 3 is 2.53 bits per heavy atom. The minimum atomic E-state index is -0.219. The molecule has 8 nitrogen and oxygen atoms in total. The number of hydrogen-bond acceptors (Lipinski definition) is 4. The molecule has 178 valence electrons. The van der Waals surface area contributed by atoms with E-state index in [0.717, 1.165) is 17.8 Å². The predicted octanol–water partition coefficient (Wildman–Crippen LogP) is 4.39. The smallest absolute Gasteiger partial charge is 0.323 e. The standard InChI is InChI=1S/C26H32N6O2/c33-25(31-14-16-32(17-15-31)26(34)29-24-19-27-10-11-28-24)22-6-7-23-21(18-22)9-13-30(23)12-8-20-4-2-1-3-5-20/h6-7,9-11,13,18-20H,1-5,8,12,14-17H2,(H,28,29,34). The van der Waals surface area contributed by atoms with Crippen LogP contribution in [0, 0.1) is 5.92 Å². The number of fused-ring (bicyclic) bond motifs is 1. The second kappa shape index (κ2) is 10.2. The maximum absolute atomic E-state index is 13.1. The Hall–Kier alpha value is -3.42. The lowest BCUT2D eigenvalue weighted by atomic mass is 9.87. The summed E-state index contributed by atoms with van der Waals surface area (Å²) in [6, 6.07) is 7.91. The molecule has 2 aromatic heterocycles. The minimum absolute atomic E-state index is 0.0193. The van der Waals surface area contributed by atoms with Gasteiger partial charge in [0.2, 0.25) is 0 Å². The Kier molecular flexibility index (Phi) is 6.74. The van der Waals surface area contributed by atoms with Gasteiger partial charge in [0, 0.05) is 67.8 Å². The van der Waals surface area contributed by atoms with Gasteiger partial charge in [0.25, 0.3) is 5.91 Å². The summed E-state index contributed by atoms with van der Waals surface area (Å²) in [4.78, 5) is 37.1. The molecule has 0 unspecified atom stereocenters. The third-order valence-electron chi connectivity index (χ3n) is 7.17. The fraction of sp³-hybridized carbons (Fsp3) is 0.462. The third kappa shape index (κ3) is 5.05. The number of nitrogens with zero attached hydrogens (tertiary/aromatic N) is 5. The molecule has 1 N–H and O–H groups in total. The molecule has 5 rings (SSSR count). The molecule has 2 aliphatic rings. The average molecular weight is 461 g/mol. The summed E-state index contributed by atoms with van der Waals surface area (Å²) in [5, 5.41) is 3.86. The van der Waals surface area contributed by atoms with Gasteiger partial charge in [-0.05, 0) is 36.6 Å². The normalized spacial score (nSPS) is 17.2. The molecule has 3 heterocycles. The first-order valence-corrected chi connectivity index (χ1v) is 12.4. The molecule has 34 heavy (non-hydrogen) atoms. The van der Waals surface area contributed by atoms with E-state index in [1.807, 2.05) is 17.0 Å². The van der Waals surface area contributed by atoms with Crippen LogP contribution in [-0.4, -0.2) is 62.5 Å². The summed E-state index contributed by atoms with van der Waals surface area (Å²) in [7, 11) is 0. The summed E-state index contributed by atoms with van der Waals surface area (Å²) >= 11 is 0. The van der Waals surface area contributed by atoms with Gasteiger partial charge in [-0.1, -0.05) is 32.1 Å². The summed E-state index contributed by atoms with van der Waals surface area (Å²) in [6.45, 7) is 3.02. The number of benzene rings is 1. The number of anilines is 1. The number of urea groups is 1. The van der Waals surface area contributed by atoms with Crippen molar-refractivity contribution in [2.75, 3.05) is 31.5 Å². The number of carbonyl (C=O) groups excluding carboxylic acids is 2. The van der Waals surface area contributed by atoms with E-state index in [9.17, 15) is 9.59 Å². The van der Waals surface area contributed by atoms with Crippen LogP contribution in [0.5, 0.6) is 0 Å². The van der Waals surface area contributed by atoms with Gasteiger partial charge in [-0.25, -0.2) is 9.78 Å². The van der Waals surface area contributed by atoms with Crippen molar-refractivity contribution in [1.29, 1.82) is 0 Å². The highest BCUT2D eigenvalue weighted by molar-refractivity contribution is 5.98. The zero-order chi connectivity index (χ0) is 23.3. The van der Waals surface area contributed by atoms with E-state index in [0.29, 0.717) is 37.6 Å². The Labute approximate surface area is 200 Å². The van der Waals surface area contributed by atoms with Crippen molar-refractivity contribution in [2.24, 2.45) is 5.92 Å². The SMILES string of the molecule is O=C(Nc1cnccn1)N1CCN(C(=O)c2ccc3c(ccn3CCC3CCCCC3)c2)CC1. The second-order valence-corrected chi connectivity index (χ2v) is 9.38. The van der Waals surface area contributed by atoms with E-state index < -0.39 is 0 Å². The molecule has 0 bridgehead atoms. The van der Waals surface area contributed by atoms with E-state index >= 15 is 0 Å². The highest BCUT2D eigenvalue weighted by atomic mass is 16.2. The van der Waals surface area contributed by atoms with Crippen LogP contribution in [0.2, 0.25) is 0 Å². The van der Waals surface area contributed by atoms with Crippen LogP contribution in [-0.2, 0) is 6.54 Å². The molecule has 1 saturated carbocycles. The molecule has 3 amide bonds. The lowest BCUT2D eigenvalue weighted by Gasteiger charge is -2.34. The van der Waals surface area contributed by atoms with Crippen LogP contribution >= 0.6 is 0 Å². The predicted molar refractivity (Wildman–Crippen MR) is 132 cm³/mol. The van der Waals surface area contributed by atoms with Crippen molar-refractivity contribution in [2.45, 2.75) is 45.1 Å². The van der Waals surface area contributed by atoms with E-state index in [1.165, 1.54) is 56.4 Å². The van der Waals surface area contributed by atoms with Crippen LogP contribution in [0.25, 0.3) is 10.9 Å². The number of nitrogens with one attached hydrogen (secondary N) is 1. The molecule has 1 aliphatic heterocycles. The van der Waals surface area contributed by atoms with Gasteiger partial charge in [-0.3, -0.25) is 15.1 Å². The zero-order valence-corrected chi connectivity index (χ0v) is 19.5. The molecule has 1 aliphatic carbocycles. The molecule has 3 aromatic rings. The van der Waals surface area contributed by atoms with E-state index in [2.05, 4.69) is 38.2 Å². The average Bonchev–Trinajstić information content (AvgIpc) is 3.30. The van der Waals surface area contributed by atoms with Crippen molar-refractivity contribution in [3.05, 3.63) is 54.6 Å². The fourth-order valence-electron chi connectivity index (χ4n) is 5.17. The molecule has 1 saturated heterocycles. The quantitative estimate of drug-likeness (QED) is 0.612. The second-order valence-electron chi connectivity index (χ2n) is 9.38. The molecule has 2 fully saturated rings. The Balaban J connectivity index is 1.16. The first-order valence-electron chi connectivity index (χ1n) is 12.4. The van der Waals surface area contributed by atoms with Gasteiger partial charge in [0.15, 0.2) is 5.82 Å². The van der Waals surface area contributed by atoms with Crippen molar-refractivity contribution >= 4 is 28.7 Å². The molecular weight excluding hydrogens is 428 g/mol. The Morgan fingerprint density at radius 2 is 1.76 bits per heavy atom. The highest BCUT2D eigenvalue weighted by Gasteiger charge is 2.25. The molecule has 0 spiro atoms. The summed E-state index contributed by atoms with van der Waals surface area (Å²) < 4.78 is 2.33. The van der Waals surface area contributed by atoms with Crippen LogP contribution in [0.1, 0.15) is 48.9 Å². The number of piperazine rings is 1. The van der Waals surface area contributed by atoms with Gasteiger partial charge in [-0.2, -0.15) is 0 Å². The lowest BCUT2D eigenvalue weighted by molar-refractivity contribution is 0.0672. The Morgan fingerprint density at radius 1 is 0.971 bits per heavy atom. The van der Waals surface area contributed by atoms with Crippen LogP contribution in [0.15, 0.2) is 49.1 Å². The molecular formula is C26H32N6O2. The molecule has 1 aromatic carbocycles. The maximum atomic E-state index is 13.1. The number of amides is 3. The number of aromatic nitrogens is 3. The minimum Gasteiger partial charge on any atom is -0.347 e. The molecule has 0 atom stereocenters. The first kappa shape index (κ1) is 22.4.